The second kappa shape index (κ2) is 5.24. The number of aliphatic hydroxyl groups is 1. The van der Waals surface area contributed by atoms with E-state index in [1.807, 2.05) is 0 Å². The lowest BCUT2D eigenvalue weighted by Gasteiger charge is -2.41. The van der Waals surface area contributed by atoms with Crippen LogP contribution in [-0.2, 0) is 9.59 Å². The summed E-state index contributed by atoms with van der Waals surface area (Å²) in [6.45, 7) is 0.866. The third-order valence-electron chi connectivity index (χ3n) is 4.00. The topological polar surface area (TPSA) is 98.7 Å². The van der Waals surface area contributed by atoms with Crippen molar-refractivity contribution in [2.24, 2.45) is 5.41 Å². The molecule has 0 aromatic heterocycles. The third-order valence-corrected chi connectivity index (χ3v) is 4.00. The van der Waals surface area contributed by atoms with Gasteiger partial charge in [-0.3, -0.25) is 9.59 Å². The maximum atomic E-state index is 11.8. The molecule has 2 fully saturated rings. The fourth-order valence-electron chi connectivity index (χ4n) is 2.73. The summed E-state index contributed by atoms with van der Waals surface area (Å²) in [6, 6.07) is -0.345. The molecule has 1 saturated heterocycles. The lowest BCUT2D eigenvalue weighted by atomic mass is 9.66. The molecule has 18 heavy (non-hydrogen) atoms. The summed E-state index contributed by atoms with van der Waals surface area (Å²) in [7, 11) is 0. The van der Waals surface area contributed by atoms with E-state index >= 15 is 0 Å². The number of carboxylic acids is 1. The lowest BCUT2D eigenvalue weighted by Crippen LogP contribution is -2.48. The second-order valence-electron chi connectivity index (χ2n) is 5.49. The predicted molar refractivity (Wildman–Crippen MR) is 64.0 cm³/mol. The number of nitrogens with one attached hydrogen (secondary N) is 2. The second-order valence-corrected chi connectivity index (χ2v) is 5.49. The summed E-state index contributed by atoms with van der Waals surface area (Å²) in [5.41, 5.74) is -0.251. The van der Waals surface area contributed by atoms with Crippen LogP contribution < -0.4 is 10.6 Å². The molecule has 0 radical (unpaired) electrons. The Balaban J connectivity index is 1.79. The first-order valence-corrected chi connectivity index (χ1v) is 6.42. The predicted octanol–water partition coefficient (Wildman–Crippen LogP) is -0.530. The number of carboxylic acid groups (broad SMARTS) is 1. The maximum absolute atomic E-state index is 11.8. The molecule has 1 heterocycles. The first-order valence-electron chi connectivity index (χ1n) is 6.42. The number of aliphatic hydroxyl groups excluding tert-OH is 1. The average Bonchev–Trinajstić information content (AvgIpc) is 2.68. The number of aliphatic carboxylic acids is 1. The first-order chi connectivity index (χ1) is 8.51. The molecule has 0 aromatic carbocycles. The van der Waals surface area contributed by atoms with Crippen LogP contribution in [-0.4, -0.2) is 47.3 Å². The minimum Gasteiger partial charge on any atom is -0.481 e. The highest BCUT2D eigenvalue weighted by atomic mass is 16.4. The smallest absolute Gasteiger partial charge is 0.303 e. The van der Waals surface area contributed by atoms with Crippen LogP contribution >= 0.6 is 0 Å². The number of β-amino-alcohol motifs (C(OH)–C–C–N with tert-alkyl or cyclic N) is 1. The Hall–Kier alpha value is -1.14. The summed E-state index contributed by atoms with van der Waals surface area (Å²) < 4.78 is 0. The number of rotatable bonds is 5. The first kappa shape index (κ1) is 13.3. The number of carbonyl (C=O) groups excluding carboxylic acids is 1. The Bertz CT molecular complexity index is 341. The van der Waals surface area contributed by atoms with Crippen LogP contribution in [0.15, 0.2) is 0 Å². The molecular weight excluding hydrogens is 236 g/mol. The van der Waals surface area contributed by atoms with Gasteiger partial charge in [0, 0.05) is 13.1 Å². The summed E-state index contributed by atoms with van der Waals surface area (Å²) in [5, 5.41) is 24.0. The summed E-state index contributed by atoms with van der Waals surface area (Å²) >= 11 is 0. The molecule has 2 rings (SSSR count). The van der Waals surface area contributed by atoms with E-state index < -0.39 is 12.1 Å². The van der Waals surface area contributed by atoms with Gasteiger partial charge < -0.3 is 20.8 Å². The Kier molecular flexibility index (Phi) is 3.87. The highest BCUT2D eigenvalue weighted by Gasteiger charge is 2.40. The van der Waals surface area contributed by atoms with E-state index in [9.17, 15) is 14.7 Å². The van der Waals surface area contributed by atoms with Crippen molar-refractivity contribution < 1.29 is 19.8 Å². The molecule has 1 aliphatic carbocycles. The van der Waals surface area contributed by atoms with Crippen molar-refractivity contribution >= 4 is 11.9 Å². The van der Waals surface area contributed by atoms with Crippen LogP contribution in [0.5, 0.6) is 0 Å². The zero-order valence-corrected chi connectivity index (χ0v) is 10.3. The van der Waals surface area contributed by atoms with E-state index in [0.717, 1.165) is 19.3 Å². The van der Waals surface area contributed by atoms with Crippen LogP contribution in [0.1, 0.15) is 32.1 Å². The van der Waals surface area contributed by atoms with E-state index in [-0.39, 0.29) is 23.8 Å². The van der Waals surface area contributed by atoms with Crippen molar-refractivity contribution in [3.05, 3.63) is 0 Å². The number of carbonyl (C=O) groups is 2. The number of amides is 1. The molecule has 1 saturated carbocycles. The zero-order valence-electron chi connectivity index (χ0n) is 10.3. The fraction of sp³-hybridized carbons (Fsp3) is 0.833. The highest BCUT2D eigenvalue weighted by Crippen LogP contribution is 2.43. The molecule has 0 spiro atoms. The fourth-order valence-corrected chi connectivity index (χ4v) is 2.73. The molecule has 1 aliphatic heterocycles. The SMILES string of the molecule is O=C(O)CC1(CNC(=O)C2CC(O)CN2)CCC1. The molecular formula is C12H20N2O4. The molecule has 2 unspecified atom stereocenters. The van der Waals surface area contributed by atoms with Crippen molar-refractivity contribution in [1.29, 1.82) is 0 Å². The molecule has 4 N–H and O–H groups in total. The van der Waals surface area contributed by atoms with Gasteiger partial charge in [0.2, 0.25) is 5.91 Å². The van der Waals surface area contributed by atoms with Gasteiger partial charge in [0.05, 0.1) is 18.6 Å². The van der Waals surface area contributed by atoms with E-state index in [4.69, 9.17) is 5.11 Å². The van der Waals surface area contributed by atoms with Gasteiger partial charge >= 0.3 is 5.97 Å². The van der Waals surface area contributed by atoms with Crippen molar-refractivity contribution in [3.8, 4) is 0 Å². The minimum absolute atomic E-state index is 0.119. The van der Waals surface area contributed by atoms with Crippen molar-refractivity contribution in [1.82, 2.24) is 10.6 Å². The summed E-state index contributed by atoms with van der Waals surface area (Å²) in [4.78, 5) is 22.6. The van der Waals surface area contributed by atoms with Gasteiger partial charge in [0.25, 0.3) is 0 Å². The molecule has 102 valence electrons. The van der Waals surface area contributed by atoms with Gasteiger partial charge in [-0.1, -0.05) is 6.42 Å². The number of hydrogen-bond donors (Lipinski definition) is 4. The normalized spacial score (nSPS) is 29.6. The lowest BCUT2D eigenvalue weighted by molar-refractivity contribution is -0.142. The molecule has 0 aromatic rings. The molecule has 2 atom stereocenters. The molecule has 1 amide bonds. The van der Waals surface area contributed by atoms with Crippen LogP contribution in [0.25, 0.3) is 0 Å². The highest BCUT2D eigenvalue weighted by molar-refractivity contribution is 5.82. The summed E-state index contributed by atoms with van der Waals surface area (Å²) in [6.07, 6.45) is 2.84. The standard InChI is InChI=1S/C12H20N2O4/c15-8-4-9(13-6-8)11(18)14-7-12(2-1-3-12)5-10(16)17/h8-9,13,15H,1-7H2,(H,14,18)(H,16,17). The van der Waals surface area contributed by atoms with E-state index in [1.165, 1.54) is 0 Å². The summed E-state index contributed by atoms with van der Waals surface area (Å²) in [5.74, 6) is -0.943. The van der Waals surface area contributed by atoms with E-state index in [0.29, 0.717) is 19.5 Å². The third kappa shape index (κ3) is 3.00. The van der Waals surface area contributed by atoms with Crippen LogP contribution in [0.4, 0.5) is 0 Å². The Labute approximate surface area is 106 Å². The molecule has 6 heteroatoms. The van der Waals surface area contributed by atoms with Gasteiger partial charge in [0.15, 0.2) is 0 Å². The Morgan fingerprint density at radius 2 is 2.11 bits per heavy atom. The van der Waals surface area contributed by atoms with Gasteiger partial charge in [0.1, 0.15) is 0 Å². The van der Waals surface area contributed by atoms with Crippen molar-refractivity contribution in [2.45, 2.75) is 44.2 Å². The van der Waals surface area contributed by atoms with Crippen LogP contribution in [0, 0.1) is 5.41 Å². The van der Waals surface area contributed by atoms with E-state index in [1.54, 1.807) is 0 Å². The van der Waals surface area contributed by atoms with Crippen LogP contribution in [0.3, 0.4) is 0 Å². The van der Waals surface area contributed by atoms with Crippen molar-refractivity contribution in [2.75, 3.05) is 13.1 Å². The minimum atomic E-state index is -0.807. The molecule has 2 aliphatic rings. The quantitative estimate of drug-likeness (QED) is 0.530. The van der Waals surface area contributed by atoms with Gasteiger partial charge in [-0.2, -0.15) is 0 Å². The average molecular weight is 256 g/mol. The Morgan fingerprint density at radius 1 is 1.39 bits per heavy atom. The monoisotopic (exact) mass is 256 g/mol. The maximum Gasteiger partial charge on any atom is 0.303 e. The molecule has 6 nitrogen and oxygen atoms in total. The van der Waals surface area contributed by atoms with Crippen molar-refractivity contribution in [3.63, 3.8) is 0 Å². The van der Waals surface area contributed by atoms with Gasteiger partial charge in [-0.15, -0.1) is 0 Å². The molecule has 0 bridgehead atoms. The van der Waals surface area contributed by atoms with Gasteiger partial charge in [-0.25, -0.2) is 0 Å². The number of hydrogen-bond acceptors (Lipinski definition) is 4. The zero-order chi connectivity index (χ0) is 13.2. The largest absolute Gasteiger partial charge is 0.481 e. The van der Waals surface area contributed by atoms with Gasteiger partial charge in [-0.05, 0) is 24.7 Å². The van der Waals surface area contributed by atoms with Crippen LogP contribution in [0.2, 0.25) is 0 Å². The van der Waals surface area contributed by atoms with E-state index in [2.05, 4.69) is 10.6 Å². The Morgan fingerprint density at radius 3 is 2.56 bits per heavy atom.